The standard InChI is InChI=1S/C11H11BrO2/c1-7-10(6-11(13)14-7)8-2-4-9(12)5-3-8/h2-5,7,10H,6H2,1H3/t7-,10+/m0/s1. The molecule has 0 N–H and O–H groups in total. The molecule has 0 aliphatic carbocycles. The predicted octanol–water partition coefficient (Wildman–Crippen LogP) is 2.87. The van der Waals surface area contributed by atoms with Crippen molar-refractivity contribution in [3.63, 3.8) is 0 Å². The van der Waals surface area contributed by atoms with E-state index in [2.05, 4.69) is 15.9 Å². The van der Waals surface area contributed by atoms with E-state index in [9.17, 15) is 4.79 Å². The molecule has 1 aliphatic rings. The molecule has 1 aliphatic heterocycles. The van der Waals surface area contributed by atoms with Crippen molar-refractivity contribution < 1.29 is 9.53 Å². The lowest BCUT2D eigenvalue weighted by Gasteiger charge is -2.12. The van der Waals surface area contributed by atoms with Crippen LogP contribution in [-0.4, -0.2) is 12.1 Å². The summed E-state index contributed by atoms with van der Waals surface area (Å²) in [5.74, 6) is 0.126. The van der Waals surface area contributed by atoms with Crippen LogP contribution in [0.5, 0.6) is 0 Å². The molecule has 0 spiro atoms. The molecule has 2 atom stereocenters. The Balaban J connectivity index is 2.23. The number of ether oxygens (including phenoxy) is 1. The summed E-state index contributed by atoms with van der Waals surface area (Å²) in [6.45, 7) is 1.94. The van der Waals surface area contributed by atoms with E-state index in [4.69, 9.17) is 4.74 Å². The van der Waals surface area contributed by atoms with E-state index in [0.717, 1.165) is 4.47 Å². The van der Waals surface area contributed by atoms with Gasteiger partial charge < -0.3 is 4.74 Å². The van der Waals surface area contributed by atoms with Gasteiger partial charge in [-0.2, -0.15) is 0 Å². The largest absolute Gasteiger partial charge is 0.462 e. The van der Waals surface area contributed by atoms with Crippen molar-refractivity contribution >= 4 is 21.9 Å². The van der Waals surface area contributed by atoms with Crippen LogP contribution in [0.25, 0.3) is 0 Å². The van der Waals surface area contributed by atoms with Gasteiger partial charge in [0, 0.05) is 10.4 Å². The summed E-state index contributed by atoms with van der Waals surface area (Å²) >= 11 is 3.38. The molecule has 0 aromatic heterocycles. The molecular formula is C11H11BrO2. The molecule has 1 fully saturated rings. The van der Waals surface area contributed by atoms with Crippen LogP contribution in [0.3, 0.4) is 0 Å². The fourth-order valence-corrected chi connectivity index (χ4v) is 2.05. The Bertz CT molecular complexity index is 345. The molecule has 1 aromatic rings. The lowest BCUT2D eigenvalue weighted by molar-refractivity contribution is -0.140. The van der Waals surface area contributed by atoms with Crippen molar-refractivity contribution in [3.8, 4) is 0 Å². The Morgan fingerprint density at radius 2 is 2.00 bits per heavy atom. The molecule has 0 saturated carbocycles. The van der Waals surface area contributed by atoms with Crippen molar-refractivity contribution in [2.24, 2.45) is 0 Å². The number of hydrogen-bond acceptors (Lipinski definition) is 2. The van der Waals surface area contributed by atoms with Gasteiger partial charge in [0.15, 0.2) is 0 Å². The topological polar surface area (TPSA) is 26.3 Å². The molecule has 14 heavy (non-hydrogen) atoms. The third-order valence-corrected chi connectivity index (χ3v) is 3.10. The van der Waals surface area contributed by atoms with Crippen LogP contribution in [0.15, 0.2) is 28.7 Å². The van der Waals surface area contributed by atoms with Crippen molar-refractivity contribution in [2.75, 3.05) is 0 Å². The summed E-state index contributed by atoms with van der Waals surface area (Å²) in [6.07, 6.45) is 0.506. The summed E-state index contributed by atoms with van der Waals surface area (Å²) in [5, 5.41) is 0. The highest BCUT2D eigenvalue weighted by Gasteiger charge is 2.32. The van der Waals surface area contributed by atoms with Gasteiger partial charge in [-0.15, -0.1) is 0 Å². The summed E-state index contributed by atoms with van der Waals surface area (Å²) in [4.78, 5) is 11.1. The van der Waals surface area contributed by atoms with Crippen LogP contribution in [0.2, 0.25) is 0 Å². The van der Waals surface area contributed by atoms with Gasteiger partial charge in [0.25, 0.3) is 0 Å². The molecule has 0 bridgehead atoms. The lowest BCUT2D eigenvalue weighted by atomic mass is 9.93. The second-order valence-corrected chi connectivity index (χ2v) is 4.47. The average Bonchev–Trinajstić information content (AvgIpc) is 2.47. The van der Waals surface area contributed by atoms with Crippen LogP contribution in [0, 0.1) is 0 Å². The molecular weight excluding hydrogens is 244 g/mol. The molecule has 1 saturated heterocycles. The van der Waals surface area contributed by atoms with Crippen LogP contribution in [0.4, 0.5) is 0 Å². The van der Waals surface area contributed by atoms with Crippen molar-refractivity contribution in [1.82, 2.24) is 0 Å². The maximum Gasteiger partial charge on any atom is 0.306 e. The van der Waals surface area contributed by atoms with Gasteiger partial charge in [-0.05, 0) is 24.6 Å². The first kappa shape index (κ1) is 9.71. The summed E-state index contributed by atoms with van der Waals surface area (Å²) < 4.78 is 6.16. The first-order chi connectivity index (χ1) is 6.66. The van der Waals surface area contributed by atoms with E-state index >= 15 is 0 Å². The summed E-state index contributed by atoms with van der Waals surface area (Å²) in [6, 6.07) is 8.05. The fourth-order valence-electron chi connectivity index (χ4n) is 1.78. The number of hydrogen-bond donors (Lipinski definition) is 0. The number of carbonyl (C=O) groups excluding carboxylic acids is 1. The van der Waals surface area contributed by atoms with Gasteiger partial charge in [0.05, 0.1) is 6.42 Å². The molecule has 3 heteroatoms. The predicted molar refractivity (Wildman–Crippen MR) is 57.1 cm³/mol. The van der Waals surface area contributed by atoms with Crippen molar-refractivity contribution in [2.45, 2.75) is 25.4 Å². The third kappa shape index (κ3) is 1.82. The fraction of sp³-hybridized carbons (Fsp3) is 0.364. The summed E-state index contributed by atoms with van der Waals surface area (Å²) in [7, 11) is 0. The Morgan fingerprint density at radius 3 is 2.50 bits per heavy atom. The highest BCUT2D eigenvalue weighted by atomic mass is 79.9. The molecule has 0 unspecified atom stereocenters. The molecule has 2 rings (SSSR count). The number of benzene rings is 1. The SMILES string of the molecule is C[C@@H]1OC(=O)C[C@H]1c1ccc(Br)cc1. The van der Waals surface area contributed by atoms with Gasteiger partial charge in [0.2, 0.25) is 0 Å². The van der Waals surface area contributed by atoms with Crippen LogP contribution >= 0.6 is 15.9 Å². The Morgan fingerprint density at radius 1 is 1.36 bits per heavy atom. The molecule has 1 aromatic carbocycles. The van der Waals surface area contributed by atoms with E-state index in [-0.39, 0.29) is 18.0 Å². The van der Waals surface area contributed by atoms with Gasteiger partial charge in [0.1, 0.15) is 6.10 Å². The molecule has 2 nitrogen and oxygen atoms in total. The van der Waals surface area contributed by atoms with E-state index < -0.39 is 0 Å². The Kier molecular flexibility index (Phi) is 2.59. The normalized spacial score (nSPS) is 26.3. The first-order valence-corrected chi connectivity index (χ1v) is 5.41. The van der Waals surface area contributed by atoms with E-state index in [1.807, 2.05) is 31.2 Å². The second kappa shape index (κ2) is 3.73. The minimum absolute atomic E-state index is 0.00340. The molecule has 74 valence electrons. The zero-order valence-electron chi connectivity index (χ0n) is 7.87. The van der Waals surface area contributed by atoms with Crippen LogP contribution in [0.1, 0.15) is 24.8 Å². The van der Waals surface area contributed by atoms with E-state index in [1.165, 1.54) is 5.56 Å². The third-order valence-electron chi connectivity index (χ3n) is 2.57. The number of cyclic esters (lactones) is 1. The highest BCUT2D eigenvalue weighted by Crippen LogP contribution is 2.32. The monoisotopic (exact) mass is 254 g/mol. The van der Waals surface area contributed by atoms with E-state index in [0.29, 0.717) is 6.42 Å². The smallest absolute Gasteiger partial charge is 0.306 e. The minimum Gasteiger partial charge on any atom is -0.462 e. The van der Waals surface area contributed by atoms with Crippen molar-refractivity contribution in [3.05, 3.63) is 34.3 Å². The molecule has 1 heterocycles. The summed E-state index contributed by atoms with van der Waals surface area (Å²) in [5.41, 5.74) is 1.17. The maximum absolute atomic E-state index is 11.1. The maximum atomic E-state index is 11.1. The second-order valence-electron chi connectivity index (χ2n) is 3.56. The van der Waals surface area contributed by atoms with Crippen molar-refractivity contribution in [1.29, 1.82) is 0 Å². The van der Waals surface area contributed by atoms with Gasteiger partial charge in [-0.25, -0.2) is 0 Å². The van der Waals surface area contributed by atoms with Crippen LogP contribution < -0.4 is 0 Å². The molecule has 0 amide bonds. The first-order valence-electron chi connectivity index (χ1n) is 4.62. The number of carbonyl (C=O) groups is 1. The zero-order valence-corrected chi connectivity index (χ0v) is 9.45. The minimum atomic E-state index is -0.0922. The van der Waals surface area contributed by atoms with Gasteiger partial charge in [-0.1, -0.05) is 28.1 Å². The number of rotatable bonds is 1. The number of esters is 1. The zero-order chi connectivity index (χ0) is 10.1. The molecule has 0 radical (unpaired) electrons. The van der Waals surface area contributed by atoms with Gasteiger partial charge in [-0.3, -0.25) is 4.79 Å². The number of halogens is 1. The average molecular weight is 255 g/mol. The van der Waals surface area contributed by atoms with E-state index in [1.54, 1.807) is 0 Å². The van der Waals surface area contributed by atoms with Crippen LogP contribution in [-0.2, 0) is 9.53 Å². The Hall–Kier alpha value is -0.830. The highest BCUT2D eigenvalue weighted by molar-refractivity contribution is 9.10. The van der Waals surface area contributed by atoms with Gasteiger partial charge >= 0.3 is 5.97 Å². The Labute approximate surface area is 91.4 Å². The lowest BCUT2D eigenvalue weighted by Crippen LogP contribution is -2.09. The quantitative estimate of drug-likeness (QED) is 0.721.